The molecule has 0 unspecified atom stereocenters. The van der Waals surface area contributed by atoms with Gasteiger partial charge in [-0.15, -0.1) is 11.8 Å². The van der Waals surface area contributed by atoms with Crippen LogP contribution in [0.4, 0.5) is 0 Å². The van der Waals surface area contributed by atoms with Gasteiger partial charge < -0.3 is 14.2 Å². The number of hydrogen-bond donors (Lipinski definition) is 0. The van der Waals surface area contributed by atoms with E-state index in [9.17, 15) is 0 Å². The van der Waals surface area contributed by atoms with Crippen molar-refractivity contribution in [3.8, 4) is 0 Å². The number of thioether (sulfide) groups is 1. The number of allylic oxidation sites excluding steroid dienone is 2. The maximum atomic E-state index is 4.69. The van der Waals surface area contributed by atoms with Crippen LogP contribution < -0.4 is 0 Å². The van der Waals surface area contributed by atoms with Crippen LogP contribution in [-0.2, 0) is 14.2 Å². The summed E-state index contributed by atoms with van der Waals surface area (Å²) in [5, 5.41) is 0. The monoisotopic (exact) mass is 420 g/mol. The molecule has 0 aliphatic rings. The summed E-state index contributed by atoms with van der Waals surface area (Å²) in [6, 6.07) is 0. The predicted octanol–water partition coefficient (Wildman–Crippen LogP) is 3.98. The van der Waals surface area contributed by atoms with Gasteiger partial charge in [-0.3, -0.25) is 20.0 Å². The molecule has 168 valence electrons. The topological polar surface area (TPSA) is 77.1 Å². The van der Waals surface area contributed by atoms with Gasteiger partial charge in [0.2, 0.25) is 0 Å². The number of methoxy groups -OCH3 is 3. The lowest BCUT2D eigenvalue weighted by Gasteiger charge is -1.91. The van der Waals surface area contributed by atoms with Crippen LogP contribution in [0.25, 0.3) is 0 Å². The Labute approximate surface area is 178 Å². The molecule has 0 aromatic heterocycles. The molecule has 0 radical (unpaired) electrons. The highest BCUT2D eigenvalue weighted by Gasteiger charge is 1.73. The Kier molecular flexibility index (Phi) is 75.1. The maximum Gasteiger partial charge on any atom is 0.0696 e. The number of ether oxygens (including phenoxy) is 3. The molecule has 0 heterocycles. The van der Waals surface area contributed by atoms with Gasteiger partial charge in [0.25, 0.3) is 0 Å². The smallest absolute Gasteiger partial charge is 0.0696 e. The van der Waals surface area contributed by atoms with Crippen molar-refractivity contribution in [3.63, 3.8) is 0 Å². The summed E-state index contributed by atoms with van der Waals surface area (Å²) in [4.78, 5) is 14.7. The highest BCUT2D eigenvalue weighted by molar-refractivity contribution is 8.11. The molecular formula is C20H44N4O3S. The van der Waals surface area contributed by atoms with Crippen molar-refractivity contribution in [1.29, 1.82) is 0 Å². The molecule has 8 heteroatoms. The van der Waals surface area contributed by atoms with E-state index in [2.05, 4.69) is 36.4 Å². The lowest BCUT2D eigenvalue weighted by molar-refractivity contribution is 0.103. The number of rotatable bonds is 8. The summed E-state index contributed by atoms with van der Waals surface area (Å²) in [7, 11) is 11.9. The van der Waals surface area contributed by atoms with Crippen molar-refractivity contribution in [3.05, 3.63) is 12.2 Å². The molecule has 0 bridgehead atoms. The van der Waals surface area contributed by atoms with Crippen LogP contribution in [0.2, 0.25) is 0 Å². The van der Waals surface area contributed by atoms with Gasteiger partial charge in [0.05, 0.1) is 18.8 Å². The van der Waals surface area contributed by atoms with Gasteiger partial charge in [0, 0.05) is 74.8 Å². The quantitative estimate of drug-likeness (QED) is 0.338. The molecule has 0 saturated carbocycles. The molecular weight excluding hydrogens is 376 g/mol. The lowest BCUT2D eigenvalue weighted by atomic mass is 10.5. The Bertz CT molecular complexity index is 302. The van der Waals surface area contributed by atoms with E-state index in [1.807, 2.05) is 25.3 Å². The fourth-order valence-corrected chi connectivity index (χ4v) is 0.992. The highest BCUT2D eigenvalue weighted by Crippen LogP contribution is 1.78. The van der Waals surface area contributed by atoms with Gasteiger partial charge in [0.15, 0.2) is 0 Å². The van der Waals surface area contributed by atoms with Crippen molar-refractivity contribution in [2.24, 2.45) is 20.0 Å². The number of aliphatic imine (C=N–C) groups is 4. The Balaban J connectivity index is -0.0000000789. The van der Waals surface area contributed by atoms with Crippen LogP contribution in [-0.4, -0.2) is 99.8 Å². The first kappa shape index (κ1) is 37.4. The standard InChI is InChI=1S/C5H9N.C4H8N2.C4H10O2.C4H10O.C3H7NS/c1-3-4-5-6-2;2*1-5-3-4-6-2;1-3-4-5-2;1-4-3-5-2/h3-5H,1-2H3;3-4H,1-2H3;3-4H2,1-2H3;3-4H2,1-2H3;3H,1-2H3/b4-3-,6-5?;;;;. The lowest BCUT2D eigenvalue weighted by Crippen LogP contribution is -1.96. The van der Waals surface area contributed by atoms with Crippen LogP contribution in [0.15, 0.2) is 32.1 Å². The van der Waals surface area contributed by atoms with E-state index < -0.39 is 0 Å². The van der Waals surface area contributed by atoms with E-state index in [0.717, 1.165) is 13.0 Å². The molecule has 0 fully saturated rings. The maximum absolute atomic E-state index is 4.69. The summed E-state index contributed by atoms with van der Waals surface area (Å²) >= 11 is 1.61. The van der Waals surface area contributed by atoms with Gasteiger partial charge in [-0.05, 0) is 25.7 Å². The Morgan fingerprint density at radius 3 is 1.25 bits per heavy atom. The first-order valence-electron chi connectivity index (χ1n) is 8.84. The van der Waals surface area contributed by atoms with Crippen molar-refractivity contribution in [1.82, 2.24) is 0 Å². The first-order valence-corrected chi connectivity index (χ1v) is 10.1. The normalized spacial score (nSPS) is 10.2. The van der Waals surface area contributed by atoms with E-state index in [1.54, 1.807) is 85.5 Å². The molecule has 0 amide bonds. The van der Waals surface area contributed by atoms with Crippen molar-refractivity contribution >= 4 is 36.0 Å². The summed E-state index contributed by atoms with van der Waals surface area (Å²) < 4.78 is 14.0. The summed E-state index contributed by atoms with van der Waals surface area (Å²) in [5.41, 5.74) is 1.79. The molecule has 0 aliphatic heterocycles. The van der Waals surface area contributed by atoms with E-state index in [0.29, 0.717) is 13.2 Å². The van der Waals surface area contributed by atoms with Crippen molar-refractivity contribution in [2.45, 2.75) is 20.3 Å². The zero-order valence-electron chi connectivity index (χ0n) is 19.7. The number of hydrogen-bond acceptors (Lipinski definition) is 8. The molecule has 0 atom stereocenters. The largest absolute Gasteiger partial charge is 0.385 e. The van der Waals surface area contributed by atoms with Gasteiger partial charge >= 0.3 is 0 Å². The molecule has 0 N–H and O–H groups in total. The zero-order chi connectivity index (χ0) is 22.7. The zero-order valence-corrected chi connectivity index (χ0v) is 20.5. The SMILES string of the molecule is C/C=C\C=NC.CCCOC.CN=CC=NC.CN=CSC.COCCOC. The van der Waals surface area contributed by atoms with Crippen LogP contribution in [0, 0.1) is 0 Å². The fourth-order valence-electron chi connectivity index (χ4n) is 0.782. The van der Waals surface area contributed by atoms with E-state index >= 15 is 0 Å². The molecule has 0 spiro atoms. The Morgan fingerprint density at radius 1 is 0.714 bits per heavy atom. The van der Waals surface area contributed by atoms with Gasteiger partial charge in [-0.2, -0.15) is 0 Å². The Morgan fingerprint density at radius 2 is 1.14 bits per heavy atom. The van der Waals surface area contributed by atoms with Crippen molar-refractivity contribution < 1.29 is 14.2 Å². The predicted molar refractivity (Wildman–Crippen MR) is 132 cm³/mol. The van der Waals surface area contributed by atoms with E-state index in [4.69, 9.17) is 4.74 Å². The summed E-state index contributed by atoms with van der Waals surface area (Å²) in [6.07, 6.45) is 12.0. The van der Waals surface area contributed by atoms with E-state index in [1.165, 1.54) is 0 Å². The van der Waals surface area contributed by atoms with Crippen LogP contribution in [0.5, 0.6) is 0 Å². The van der Waals surface area contributed by atoms with E-state index in [-0.39, 0.29) is 0 Å². The third-order valence-corrected chi connectivity index (χ3v) is 2.32. The van der Waals surface area contributed by atoms with Crippen molar-refractivity contribution in [2.75, 3.05) is 75.6 Å². The molecule has 0 aliphatic carbocycles. The second-order valence-electron chi connectivity index (χ2n) is 4.33. The van der Waals surface area contributed by atoms with Gasteiger partial charge in [-0.25, -0.2) is 0 Å². The third-order valence-electron chi connectivity index (χ3n) is 1.90. The van der Waals surface area contributed by atoms with Crippen LogP contribution >= 0.6 is 11.8 Å². The number of nitrogens with zero attached hydrogens (tertiary/aromatic N) is 4. The molecule has 0 aromatic carbocycles. The average Bonchev–Trinajstić information content (AvgIpc) is 2.72. The minimum atomic E-state index is 0.691. The molecule has 28 heavy (non-hydrogen) atoms. The molecule has 0 aromatic rings. The first-order chi connectivity index (χ1) is 13.6. The molecule has 0 rings (SSSR count). The minimum Gasteiger partial charge on any atom is -0.385 e. The average molecular weight is 421 g/mol. The Hall–Kier alpha value is -1.35. The van der Waals surface area contributed by atoms with Gasteiger partial charge in [-0.1, -0.05) is 13.0 Å². The fraction of sp³-hybridized carbons (Fsp3) is 0.700. The summed E-state index contributed by atoms with van der Waals surface area (Å²) in [5.74, 6) is 0. The van der Waals surface area contributed by atoms with Crippen LogP contribution in [0.3, 0.4) is 0 Å². The molecule has 7 nitrogen and oxygen atoms in total. The second-order valence-corrected chi connectivity index (χ2v) is 5.01. The second kappa shape index (κ2) is 56.2. The summed E-state index contributed by atoms with van der Waals surface area (Å²) in [6.45, 7) is 6.32. The highest BCUT2D eigenvalue weighted by atomic mass is 32.2. The third kappa shape index (κ3) is 102. The van der Waals surface area contributed by atoms with Crippen LogP contribution in [0.1, 0.15) is 20.3 Å². The molecule has 0 saturated heterocycles. The minimum absolute atomic E-state index is 0.691. The van der Waals surface area contributed by atoms with Gasteiger partial charge in [0.1, 0.15) is 0 Å².